The van der Waals surface area contributed by atoms with Gasteiger partial charge in [-0.15, -0.1) is 0 Å². The maximum atomic E-state index is 11.7. The summed E-state index contributed by atoms with van der Waals surface area (Å²) in [5.41, 5.74) is -0.588. The number of piperidine rings is 1. The van der Waals surface area contributed by atoms with E-state index in [1.165, 1.54) is 0 Å². The van der Waals surface area contributed by atoms with Crippen molar-refractivity contribution in [1.29, 1.82) is 0 Å². The predicted octanol–water partition coefficient (Wildman–Crippen LogP) is 0.897. The van der Waals surface area contributed by atoms with Crippen LogP contribution in [0.2, 0.25) is 0 Å². The van der Waals surface area contributed by atoms with Crippen LogP contribution in [-0.4, -0.2) is 30.4 Å². The fourth-order valence-electron chi connectivity index (χ4n) is 1.57. The van der Waals surface area contributed by atoms with E-state index >= 15 is 0 Å². The zero-order valence-electron chi connectivity index (χ0n) is 9.63. The minimum atomic E-state index is -0.698. The number of rotatable bonds is 2. The fourth-order valence-corrected chi connectivity index (χ4v) is 1.57. The number of hydrogen-bond donors (Lipinski definition) is 1. The molecule has 1 atom stereocenters. The van der Waals surface area contributed by atoms with Crippen molar-refractivity contribution >= 4 is 11.8 Å². The van der Waals surface area contributed by atoms with Gasteiger partial charge in [-0.2, -0.15) is 0 Å². The molecule has 1 rings (SSSR count). The van der Waals surface area contributed by atoms with E-state index in [-0.39, 0.29) is 5.92 Å². The molecule has 0 saturated carbocycles. The monoisotopic (exact) mass is 213 g/mol. The van der Waals surface area contributed by atoms with Crippen molar-refractivity contribution in [3.05, 3.63) is 0 Å². The molecule has 0 aromatic heterocycles. The van der Waals surface area contributed by atoms with Crippen LogP contribution in [0.15, 0.2) is 0 Å². The molecule has 1 unspecified atom stereocenters. The lowest BCUT2D eigenvalue weighted by molar-refractivity contribution is -0.164. The second kappa shape index (κ2) is 4.75. The van der Waals surface area contributed by atoms with Crippen LogP contribution in [-0.2, 0) is 14.3 Å². The molecule has 0 aromatic carbocycles. The third-order valence-corrected chi connectivity index (χ3v) is 2.27. The summed E-state index contributed by atoms with van der Waals surface area (Å²) in [6, 6.07) is 0. The second-order valence-electron chi connectivity index (χ2n) is 4.91. The molecule has 1 heterocycles. The van der Waals surface area contributed by atoms with Crippen molar-refractivity contribution in [2.45, 2.75) is 39.2 Å². The van der Waals surface area contributed by atoms with Gasteiger partial charge in [0.2, 0.25) is 5.78 Å². The standard InChI is InChI=1S/C11H19NO3/c1-11(2,3)15-10(14)9(13)8-5-4-6-12-7-8/h8,12H,4-7H2,1-3H3. The highest BCUT2D eigenvalue weighted by atomic mass is 16.6. The van der Waals surface area contributed by atoms with Gasteiger partial charge in [-0.1, -0.05) is 0 Å². The molecule has 1 aliphatic heterocycles. The van der Waals surface area contributed by atoms with Gasteiger partial charge in [0, 0.05) is 12.5 Å². The summed E-state index contributed by atoms with van der Waals surface area (Å²) in [5, 5.41) is 3.10. The van der Waals surface area contributed by atoms with Crippen LogP contribution in [0.25, 0.3) is 0 Å². The average molecular weight is 213 g/mol. The molecule has 0 aromatic rings. The van der Waals surface area contributed by atoms with E-state index in [1.807, 2.05) is 0 Å². The van der Waals surface area contributed by atoms with Crippen molar-refractivity contribution in [2.24, 2.45) is 5.92 Å². The Morgan fingerprint density at radius 3 is 2.47 bits per heavy atom. The fraction of sp³-hybridized carbons (Fsp3) is 0.818. The molecule has 0 spiro atoms. The largest absolute Gasteiger partial charge is 0.454 e. The Hall–Kier alpha value is -0.900. The van der Waals surface area contributed by atoms with Gasteiger partial charge >= 0.3 is 5.97 Å². The molecule has 1 aliphatic rings. The minimum Gasteiger partial charge on any atom is -0.454 e. The Labute approximate surface area is 90.4 Å². The summed E-state index contributed by atoms with van der Waals surface area (Å²) < 4.78 is 5.04. The first kappa shape index (κ1) is 12.2. The van der Waals surface area contributed by atoms with Crippen LogP contribution >= 0.6 is 0 Å². The molecule has 0 bridgehead atoms. The number of Topliss-reactive ketones (excluding diaryl/α,β-unsaturated/α-hetero) is 1. The van der Waals surface area contributed by atoms with Crippen LogP contribution in [0, 0.1) is 5.92 Å². The molecule has 4 heteroatoms. The Morgan fingerprint density at radius 2 is 2.00 bits per heavy atom. The Kier molecular flexibility index (Phi) is 3.85. The first-order valence-corrected chi connectivity index (χ1v) is 5.38. The highest BCUT2D eigenvalue weighted by molar-refractivity contribution is 6.34. The number of ether oxygens (including phenoxy) is 1. The zero-order valence-corrected chi connectivity index (χ0v) is 9.63. The molecule has 15 heavy (non-hydrogen) atoms. The second-order valence-corrected chi connectivity index (χ2v) is 4.91. The SMILES string of the molecule is CC(C)(C)OC(=O)C(=O)C1CCCNC1. The molecular weight excluding hydrogens is 194 g/mol. The first-order chi connectivity index (χ1) is 6.90. The summed E-state index contributed by atoms with van der Waals surface area (Å²) in [6.07, 6.45) is 1.73. The number of nitrogens with one attached hydrogen (secondary N) is 1. The topological polar surface area (TPSA) is 55.4 Å². The number of ketones is 1. The highest BCUT2D eigenvalue weighted by Gasteiger charge is 2.30. The number of carbonyl (C=O) groups is 2. The Morgan fingerprint density at radius 1 is 1.33 bits per heavy atom. The van der Waals surface area contributed by atoms with Crippen molar-refractivity contribution in [3.63, 3.8) is 0 Å². The zero-order chi connectivity index (χ0) is 11.5. The van der Waals surface area contributed by atoms with Gasteiger partial charge in [0.05, 0.1) is 0 Å². The third-order valence-electron chi connectivity index (χ3n) is 2.27. The van der Waals surface area contributed by atoms with Crippen LogP contribution in [0.4, 0.5) is 0 Å². The van der Waals surface area contributed by atoms with E-state index in [9.17, 15) is 9.59 Å². The van der Waals surface area contributed by atoms with Gasteiger partial charge in [-0.05, 0) is 40.2 Å². The summed E-state index contributed by atoms with van der Waals surface area (Å²) in [6.45, 7) is 6.81. The smallest absolute Gasteiger partial charge is 0.375 e. The molecule has 1 fully saturated rings. The lowest BCUT2D eigenvalue weighted by Gasteiger charge is -2.23. The molecule has 86 valence electrons. The summed E-state index contributed by atoms with van der Waals surface area (Å²) in [7, 11) is 0. The van der Waals surface area contributed by atoms with Crippen molar-refractivity contribution in [1.82, 2.24) is 5.32 Å². The van der Waals surface area contributed by atoms with Crippen LogP contribution < -0.4 is 5.32 Å². The lowest BCUT2D eigenvalue weighted by atomic mass is 9.95. The summed E-state index contributed by atoms with van der Waals surface area (Å²) >= 11 is 0. The van der Waals surface area contributed by atoms with Gasteiger partial charge in [0.25, 0.3) is 0 Å². The van der Waals surface area contributed by atoms with Gasteiger partial charge in [-0.25, -0.2) is 4.79 Å². The molecular formula is C11H19NO3. The molecule has 1 N–H and O–H groups in total. The Bertz CT molecular complexity index is 249. The van der Waals surface area contributed by atoms with Gasteiger partial charge < -0.3 is 10.1 Å². The third kappa shape index (κ3) is 4.00. The average Bonchev–Trinajstić information content (AvgIpc) is 2.15. The van der Waals surface area contributed by atoms with E-state index < -0.39 is 17.4 Å². The number of carbonyl (C=O) groups excluding carboxylic acids is 2. The maximum absolute atomic E-state index is 11.7. The van der Waals surface area contributed by atoms with E-state index in [0.29, 0.717) is 6.54 Å². The van der Waals surface area contributed by atoms with Crippen molar-refractivity contribution in [2.75, 3.05) is 13.1 Å². The van der Waals surface area contributed by atoms with Crippen molar-refractivity contribution in [3.8, 4) is 0 Å². The summed E-state index contributed by atoms with van der Waals surface area (Å²) in [5.74, 6) is -1.29. The Balaban J connectivity index is 2.48. The van der Waals surface area contributed by atoms with E-state index in [1.54, 1.807) is 20.8 Å². The highest BCUT2D eigenvalue weighted by Crippen LogP contribution is 2.14. The quantitative estimate of drug-likeness (QED) is 0.547. The van der Waals surface area contributed by atoms with Crippen molar-refractivity contribution < 1.29 is 14.3 Å². The number of esters is 1. The van der Waals surface area contributed by atoms with Gasteiger partial charge in [0.15, 0.2) is 0 Å². The van der Waals surface area contributed by atoms with Crippen LogP contribution in [0.3, 0.4) is 0 Å². The number of hydrogen-bond acceptors (Lipinski definition) is 4. The normalized spacial score (nSPS) is 22.2. The molecule has 1 saturated heterocycles. The molecule has 4 nitrogen and oxygen atoms in total. The minimum absolute atomic E-state index is 0.200. The first-order valence-electron chi connectivity index (χ1n) is 5.38. The summed E-state index contributed by atoms with van der Waals surface area (Å²) in [4.78, 5) is 23.1. The molecule has 0 radical (unpaired) electrons. The molecule has 0 aliphatic carbocycles. The van der Waals surface area contributed by atoms with Gasteiger partial charge in [0.1, 0.15) is 5.60 Å². The van der Waals surface area contributed by atoms with Crippen LogP contribution in [0.1, 0.15) is 33.6 Å². The van der Waals surface area contributed by atoms with E-state index in [0.717, 1.165) is 19.4 Å². The van der Waals surface area contributed by atoms with Crippen LogP contribution in [0.5, 0.6) is 0 Å². The van der Waals surface area contributed by atoms with E-state index in [4.69, 9.17) is 4.74 Å². The van der Waals surface area contributed by atoms with E-state index in [2.05, 4.69) is 5.32 Å². The maximum Gasteiger partial charge on any atom is 0.375 e. The molecule has 0 amide bonds. The van der Waals surface area contributed by atoms with Gasteiger partial charge in [-0.3, -0.25) is 4.79 Å². The predicted molar refractivity (Wildman–Crippen MR) is 56.4 cm³/mol. The lowest BCUT2D eigenvalue weighted by Crippen LogP contribution is -2.40.